The first-order valence-electron chi connectivity index (χ1n) is 8.61. The number of benzene rings is 1. The number of hydrogen-bond donors (Lipinski definition) is 1. The minimum Gasteiger partial charge on any atom is -0.387 e. The number of aryl methyl sites for hydroxylation is 1. The Morgan fingerprint density at radius 3 is 2.24 bits per heavy atom. The van der Waals surface area contributed by atoms with Crippen molar-refractivity contribution in [1.82, 2.24) is 4.90 Å². The van der Waals surface area contributed by atoms with Gasteiger partial charge in [0.15, 0.2) is 0 Å². The quantitative estimate of drug-likeness (QED) is 0.849. The molecule has 0 amide bonds. The lowest BCUT2D eigenvalue weighted by atomic mass is 9.84. The molecule has 21 heavy (non-hydrogen) atoms. The SMILES string of the molecule is CCc1ccc(C(O)CN(C)C2CCC(CC)CC2)cc1. The molecular weight excluding hydrogens is 258 g/mol. The van der Waals surface area contributed by atoms with Gasteiger partial charge in [0.2, 0.25) is 0 Å². The molecule has 1 saturated carbocycles. The number of likely N-dealkylation sites (N-methyl/N-ethyl adjacent to an activating group) is 1. The van der Waals surface area contributed by atoms with E-state index in [4.69, 9.17) is 0 Å². The number of hydrogen-bond acceptors (Lipinski definition) is 2. The van der Waals surface area contributed by atoms with E-state index < -0.39 is 0 Å². The second-order valence-electron chi connectivity index (χ2n) is 6.63. The summed E-state index contributed by atoms with van der Waals surface area (Å²) in [7, 11) is 2.17. The molecule has 0 aromatic heterocycles. The van der Waals surface area contributed by atoms with E-state index in [0.717, 1.165) is 24.4 Å². The van der Waals surface area contributed by atoms with Crippen LogP contribution in [0.5, 0.6) is 0 Å². The second-order valence-corrected chi connectivity index (χ2v) is 6.63. The van der Waals surface area contributed by atoms with Crippen molar-refractivity contribution in [2.24, 2.45) is 5.92 Å². The predicted molar refractivity (Wildman–Crippen MR) is 89.4 cm³/mol. The molecule has 2 nitrogen and oxygen atoms in total. The van der Waals surface area contributed by atoms with Gasteiger partial charge in [-0.3, -0.25) is 0 Å². The number of aliphatic hydroxyl groups excluding tert-OH is 1. The molecule has 1 atom stereocenters. The van der Waals surface area contributed by atoms with Crippen molar-refractivity contribution in [1.29, 1.82) is 0 Å². The molecule has 0 bridgehead atoms. The molecule has 1 aromatic rings. The Bertz CT molecular complexity index is 406. The third-order valence-electron chi connectivity index (χ3n) is 5.25. The van der Waals surface area contributed by atoms with Crippen molar-refractivity contribution in [3.63, 3.8) is 0 Å². The van der Waals surface area contributed by atoms with E-state index in [2.05, 4.69) is 50.1 Å². The summed E-state index contributed by atoms with van der Waals surface area (Å²) >= 11 is 0. The molecule has 1 aliphatic rings. The minimum absolute atomic E-state index is 0.371. The summed E-state index contributed by atoms with van der Waals surface area (Å²) in [5.41, 5.74) is 2.37. The molecule has 0 radical (unpaired) electrons. The van der Waals surface area contributed by atoms with E-state index in [-0.39, 0.29) is 6.10 Å². The lowest BCUT2D eigenvalue weighted by Gasteiger charge is -2.35. The molecule has 1 aromatic carbocycles. The van der Waals surface area contributed by atoms with Crippen LogP contribution in [0.15, 0.2) is 24.3 Å². The summed E-state index contributed by atoms with van der Waals surface area (Å²) in [5.74, 6) is 0.932. The molecule has 2 rings (SSSR count). The molecule has 0 saturated heterocycles. The highest BCUT2D eigenvalue weighted by atomic mass is 16.3. The molecule has 1 N–H and O–H groups in total. The summed E-state index contributed by atoms with van der Waals surface area (Å²) in [6, 6.07) is 9.06. The first kappa shape index (κ1) is 16.5. The predicted octanol–water partition coefficient (Wildman–Crippen LogP) is 4.18. The van der Waals surface area contributed by atoms with Gasteiger partial charge in [0.05, 0.1) is 6.10 Å². The van der Waals surface area contributed by atoms with Crippen LogP contribution in [-0.2, 0) is 6.42 Å². The maximum Gasteiger partial charge on any atom is 0.0916 e. The summed E-state index contributed by atoms with van der Waals surface area (Å²) < 4.78 is 0. The van der Waals surface area contributed by atoms with Crippen molar-refractivity contribution < 1.29 is 5.11 Å². The third-order valence-corrected chi connectivity index (χ3v) is 5.25. The fourth-order valence-corrected chi connectivity index (χ4v) is 3.50. The van der Waals surface area contributed by atoms with Crippen LogP contribution in [0.25, 0.3) is 0 Å². The largest absolute Gasteiger partial charge is 0.387 e. The van der Waals surface area contributed by atoms with Crippen LogP contribution >= 0.6 is 0 Å². The molecule has 0 heterocycles. The van der Waals surface area contributed by atoms with E-state index in [1.807, 2.05) is 0 Å². The van der Waals surface area contributed by atoms with Gasteiger partial charge < -0.3 is 10.0 Å². The Balaban J connectivity index is 1.85. The van der Waals surface area contributed by atoms with Gasteiger partial charge in [0.1, 0.15) is 0 Å². The fourth-order valence-electron chi connectivity index (χ4n) is 3.50. The number of nitrogens with zero attached hydrogens (tertiary/aromatic N) is 1. The van der Waals surface area contributed by atoms with E-state index in [1.165, 1.54) is 37.7 Å². The highest BCUT2D eigenvalue weighted by molar-refractivity contribution is 5.24. The third kappa shape index (κ3) is 4.55. The maximum absolute atomic E-state index is 10.4. The fraction of sp³-hybridized carbons (Fsp3) is 0.684. The van der Waals surface area contributed by atoms with Gasteiger partial charge >= 0.3 is 0 Å². The monoisotopic (exact) mass is 289 g/mol. The number of rotatable bonds is 6. The van der Waals surface area contributed by atoms with Crippen LogP contribution < -0.4 is 0 Å². The molecule has 1 fully saturated rings. The smallest absolute Gasteiger partial charge is 0.0916 e. The first-order chi connectivity index (χ1) is 10.1. The van der Waals surface area contributed by atoms with Crippen LogP contribution in [0, 0.1) is 5.92 Å². The van der Waals surface area contributed by atoms with E-state index in [1.54, 1.807) is 0 Å². The lowest BCUT2D eigenvalue weighted by molar-refractivity contribution is 0.0840. The van der Waals surface area contributed by atoms with Gasteiger partial charge in [0, 0.05) is 12.6 Å². The van der Waals surface area contributed by atoms with Crippen LogP contribution in [0.3, 0.4) is 0 Å². The van der Waals surface area contributed by atoms with Crippen molar-refractivity contribution >= 4 is 0 Å². The Labute approximate surface area is 130 Å². The molecular formula is C19H31NO. The van der Waals surface area contributed by atoms with Crippen LogP contribution in [-0.4, -0.2) is 29.6 Å². The molecule has 1 aliphatic carbocycles. The maximum atomic E-state index is 10.4. The zero-order valence-corrected chi connectivity index (χ0v) is 13.9. The van der Waals surface area contributed by atoms with Crippen LogP contribution in [0.4, 0.5) is 0 Å². The second kappa shape index (κ2) is 7.95. The summed E-state index contributed by atoms with van der Waals surface area (Å²) in [6.07, 6.45) is 7.29. The van der Waals surface area contributed by atoms with E-state index in [0.29, 0.717) is 6.04 Å². The highest BCUT2D eigenvalue weighted by Gasteiger charge is 2.24. The van der Waals surface area contributed by atoms with E-state index >= 15 is 0 Å². The van der Waals surface area contributed by atoms with Crippen LogP contribution in [0.2, 0.25) is 0 Å². The first-order valence-corrected chi connectivity index (χ1v) is 8.61. The Morgan fingerprint density at radius 1 is 1.10 bits per heavy atom. The molecule has 2 heteroatoms. The van der Waals surface area contributed by atoms with Gasteiger partial charge in [0.25, 0.3) is 0 Å². The van der Waals surface area contributed by atoms with Crippen molar-refractivity contribution in [2.45, 2.75) is 64.5 Å². The van der Waals surface area contributed by atoms with Gasteiger partial charge in [-0.1, -0.05) is 44.5 Å². The highest BCUT2D eigenvalue weighted by Crippen LogP contribution is 2.29. The zero-order valence-electron chi connectivity index (χ0n) is 13.9. The van der Waals surface area contributed by atoms with Crippen molar-refractivity contribution in [3.8, 4) is 0 Å². The van der Waals surface area contributed by atoms with Gasteiger partial charge in [-0.15, -0.1) is 0 Å². The topological polar surface area (TPSA) is 23.5 Å². The number of aliphatic hydroxyl groups is 1. The van der Waals surface area contributed by atoms with Gasteiger partial charge in [-0.05, 0) is 56.2 Å². The lowest BCUT2D eigenvalue weighted by Crippen LogP contribution is -2.37. The Kier molecular flexibility index (Phi) is 6.25. The van der Waals surface area contributed by atoms with Gasteiger partial charge in [-0.25, -0.2) is 0 Å². The van der Waals surface area contributed by atoms with Crippen LogP contribution in [0.1, 0.15) is 63.2 Å². The molecule has 0 spiro atoms. The summed E-state index contributed by atoms with van der Waals surface area (Å²) in [5, 5.41) is 10.4. The van der Waals surface area contributed by atoms with Gasteiger partial charge in [-0.2, -0.15) is 0 Å². The molecule has 118 valence electrons. The normalized spacial score (nSPS) is 24.2. The van der Waals surface area contributed by atoms with Crippen molar-refractivity contribution in [3.05, 3.63) is 35.4 Å². The standard InChI is InChI=1S/C19H31NO/c1-4-15-6-10-17(11-7-15)19(21)14-20(3)18-12-8-16(5-2)9-13-18/h6-7,10-11,16,18-19,21H,4-5,8-9,12-14H2,1-3H3. The Morgan fingerprint density at radius 2 is 1.71 bits per heavy atom. The molecule has 0 aliphatic heterocycles. The average molecular weight is 289 g/mol. The Hall–Kier alpha value is -0.860. The summed E-state index contributed by atoms with van der Waals surface area (Å²) in [6.45, 7) is 5.21. The molecule has 1 unspecified atom stereocenters. The average Bonchev–Trinajstić information content (AvgIpc) is 2.55. The van der Waals surface area contributed by atoms with E-state index in [9.17, 15) is 5.11 Å². The minimum atomic E-state index is -0.371. The van der Waals surface area contributed by atoms with Crippen molar-refractivity contribution in [2.75, 3.05) is 13.6 Å². The summed E-state index contributed by atoms with van der Waals surface area (Å²) in [4.78, 5) is 2.37. The zero-order chi connectivity index (χ0) is 15.2.